The first-order valence-corrected chi connectivity index (χ1v) is 15.4. The molecule has 0 saturated carbocycles. The van der Waals surface area contributed by atoms with Crippen molar-refractivity contribution in [3.63, 3.8) is 0 Å². The number of Topliss-reactive ketones (excluding diaryl/α,β-unsaturated/α-hetero) is 1. The van der Waals surface area contributed by atoms with E-state index in [1.165, 1.54) is 22.4 Å². The Balaban J connectivity index is 1.42. The fourth-order valence-electron chi connectivity index (χ4n) is 4.73. The van der Waals surface area contributed by atoms with Crippen molar-refractivity contribution in [1.29, 1.82) is 0 Å². The standard InChI is InChI=1S/C25H32N2O6S2/c1-18(28)21-5-6-22-15-26(16-23(22)13-21)14-20-4-7-24(25(12-20)34(2,29)30)33-17-19-8-10-27(11-9-19)35(3,31)32/h4-7,12-13,19H,8-11,14-17H2,1-3H3. The number of sulfone groups is 1. The van der Waals surface area contributed by atoms with Crippen LogP contribution in [0, 0.1) is 5.92 Å². The summed E-state index contributed by atoms with van der Waals surface area (Å²) in [4.78, 5) is 14.1. The Morgan fingerprint density at radius 3 is 2.29 bits per heavy atom. The van der Waals surface area contributed by atoms with Crippen molar-refractivity contribution in [1.82, 2.24) is 9.21 Å². The molecule has 1 fully saturated rings. The van der Waals surface area contributed by atoms with Crippen molar-refractivity contribution in [3.8, 4) is 5.75 Å². The van der Waals surface area contributed by atoms with Crippen molar-refractivity contribution in [3.05, 3.63) is 58.7 Å². The van der Waals surface area contributed by atoms with Gasteiger partial charge in [0.25, 0.3) is 0 Å². The lowest BCUT2D eigenvalue weighted by Gasteiger charge is -2.30. The van der Waals surface area contributed by atoms with E-state index >= 15 is 0 Å². The second-order valence-corrected chi connectivity index (χ2v) is 13.6. The van der Waals surface area contributed by atoms with Crippen LogP contribution in [0.15, 0.2) is 41.3 Å². The molecule has 2 aliphatic heterocycles. The fourth-order valence-corrected chi connectivity index (χ4v) is 6.46. The van der Waals surface area contributed by atoms with Crippen LogP contribution in [0.5, 0.6) is 5.75 Å². The maximum atomic E-state index is 12.5. The van der Waals surface area contributed by atoms with Crippen LogP contribution in [-0.4, -0.2) is 64.0 Å². The van der Waals surface area contributed by atoms with E-state index < -0.39 is 19.9 Å². The van der Waals surface area contributed by atoms with Crippen LogP contribution in [-0.2, 0) is 39.5 Å². The molecule has 35 heavy (non-hydrogen) atoms. The molecule has 0 aromatic heterocycles. The van der Waals surface area contributed by atoms with E-state index in [0.717, 1.165) is 17.7 Å². The van der Waals surface area contributed by atoms with Crippen molar-refractivity contribution in [2.24, 2.45) is 5.92 Å². The van der Waals surface area contributed by atoms with Gasteiger partial charge in [0.05, 0.1) is 12.9 Å². The number of rotatable bonds is 8. The molecule has 2 aromatic rings. The molecular weight excluding hydrogens is 488 g/mol. The van der Waals surface area contributed by atoms with Gasteiger partial charge in [-0.3, -0.25) is 9.69 Å². The van der Waals surface area contributed by atoms with Gasteiger partial charge in [-0.05, 0) is 60.6 Å². The lowest BCUT2D eigenvalue weighted by molar-refractivity contribution is 0.101. The molecule has 2 aliphatic rings. The highest BCUT2D eigenvalue weighted by atomic mass is 32.2. The minimum Gasteiger partial charge on any atom is -0.492 e. The summed E-state index contributed by atoms with van der Waals surface area (Å²) in [5, 5.41) is 0. The largest absolute Gasteiger partial charge is 0.492 e. The zero-order valence-electron chi connectivity index (χ0n) is 20.4. The molecule has 4 rings (SSSR count). The fraction of sp³-hybridized carbons (Fsp3) is 0.480. The summed E-state index contributed by atoms with van der Waals surface area (Å²) >= 11 is 0. The summed E-state index contributed by atoms with van der Waals surface area (Å²) in [5.74, 6) is 0.543. The van der Waals surface area contributed by atoms with Gasteiger partial charge in [-0.25, -0.2) is 21.1 Å². The van der Waals surface area contributed by atoms with Crippen LogP contribution in [0.4, 0.5) is 0 Å². The van der Waals surface area contributed by atoms with E-state index in [1.807, 2.05) is 24.3 Å². The molecule has 0 atom stereocenters. The summed E-state index contributed by atoms with van der Waals surface area (Å²) in [7, 11) is -6.69. The van der Waals surface area contributed by atoms with E-state index in [0.29, 0.717) is 56.9 Å². The number of carbonyl (C=O) groups excluding carboxylic acids is 1. The highest BCUT2D eigenvalue weighted by Crippen LogP contribution is 2.30. The number of sulfonamides is 1. The van der Waals surface area contributed by atoms with Gasteiger partial charge in [0, 0.05) is 44.5 Å². The molecule has 0 N–H and O–H groups in total. The van der Waals surface area contributed by atoms with Crippen LogP contribution in [0.3, 0.4) is 0 Å². The van der Waals surface area contributed by atoms with E-state index in [9.17, 15) is 21.6 Å². The Hall–Kier alpha value is -2.27. The van der Waals surface area contributed by atoms with Crippen molar-refractivity contribution >= 4 is 25.6 Å². The first kappa shape index (κ1) is 25.8. The number of hydrogen-bond acceptors (Lipinski definition) is 7. The van der Waals surface area contributed by atoms with Gasteiger partial charge < -0.3 is 4.74 Å². The number of nitrogens with zero attached hydrogens (tertiary/aromatic N) is 2. The molecule has 0 unspecified atom stereocenters. The van der Waals surface area contributed by atoms with Crippen LogP contribution in [0.2, 0.25) is 0 Å². The lowest BCUT2D eigenvalue weighted by atomic mass is 9.99. The van der Waals surface area contributed by atoms with Crippen molar-refractivity contribution < 1.29 is 26.4 Å². The minimum atomic E-state index is -3.51. The molecule has 0 aliphatic carbocycles. The van der Waals surface area contributed by atoms with Gasteiger partial charge in [-0.1, -0.05) is 18.2 Å². The average Bonchev–Trinajstić information content (AvgIpc) is 3.18. The predicted octanol–water partition coefficient (Wildman–Crippen LogP) is 2.86. The molecule has 8 nitrogen and oxygen atoms in total. The molecule has 1 saturated heterocycles. The van der Waals surface area contributed by atoms with Gasteiger partial charge in [0.2, 0.25) is 10.0 Å². The van der Waals surface area contributed by atoms with Gasteiger partial charge in [-0.2, -0.15) is 0 Å². The first-order valence-electron chi connectivity index (χ1n) is 11.7. The number of hydrogen-bond donors (Lipinski definition) is 0. The van der Waals surface area contributed by atoms with Gasteiger partial charge in [-0.15, -0.1) is 0 Å². The topological polar surface area (TPSA) is 101 Å². The Morgan fingerprint density at radius 1 is 0.971 bits per heavy atom. The zero-order valence-corrected chi connectivity index (χ0v) is 22.0. The smallest absolute Gasteiger partial charge is 0.211 e. The van der Waals surface area contributed by atoms with E-state index in [1.54, 1.807) is 19.1 Å². The van der Waals surface area contributed by atoms with E-state index in [4.69, 9.17) is 4.74 Å². The van der Waals surface area contributed by atoms with Crippen LogP contribution in [0.25, 0.3) is 0 Å². The second-order valence-electron chi connectivity index (χ2n) is 9.65. The molecule has 0 bridgehead atoms. The molecule has 0 spiro atoms. The van der Waals surface area contributed by atoms with Crippen LogP contribution >= 0.6 is 0 Å². The molecule has 10 heteroatoms. The average molecular weight is 521 g/mol. The number of piperidine rings is 1. The quantitative estimate of drug-likeness (QED) is 0.493. The lowest BCUT2D eigenvalue weighted by Crippen LogP contribution is -2.39. The van der Waals surface area contributed by atoms with Crippen molar-refractivity contribution in [2.45, 2.75) is 44.3 Å². The number of benzene rings is 2. The van der Waals surface area contributed by atoms with Crippen molar-refractivity contribution in [2.75, 3.05) is 32.2 Å². The Bertz CT molecular complexity index is 1330. The predicted molar refractivity (Wildman–Crippen MR) is 134 cm³/mol. The van der Waals surface area contributed by atoms with Crippen LogP contribution < -0.4 is 4.74 Å². The molecule has 2 heterocycles. The summed E-state index contributed by atoms with van der Waals surface area (Å²) in [6.45, 7) is 4.84. The third kappa shape index (κ3) is 6.30. The molecule has 190 valence electrons. The Kier molecular flexibility index (Phi) is 7.38. The van der Waals surface area contributed by atoms with Crippen LogP contribution in [0.1, 0.15) is 46.8 Å². The maximum Gasteiger partial charge on any atom is 0.211 e. The third-order valence-electron chi connectivity index (χ3n) is 6.73. The third-order valence-corrected chi connectivity index (χ3v) is 9.15. The SMILES string of the molecule is CC(=O)c1ccc2c(c1)CN(Cc1ccc(OCC3CCN(S(C)(=O)=O)CC3)c(S(C)(=O)=O)c1)C2. The summed E-state index contributed by atoms with van der Waals surface area (Å²) in [6.07, 6.45) is 3.76. The number of ether oxygens (including phenoxy) is 1. The second kappa shape index (κ2) is 10.0. The van der Waals surface area contributed by atoms with Gasteiger partial charge >= 0.3 is 0 Å². The number of ketones is 1. The monoisotopic (exact) mass is 520 g/mol. The van der Waals surface area contributed by atoms with E-state index in [2.05, 4.69) is 4.90 Å². The summed E-state index contributed by atoms with van der Waals surface area (Å²) in [5.41, 5.74) is 3.88. The Labute approximate surface area is 207 Å². The first-order chi connectivity index (χ1) is 16.4. The molecule has 2 aromatic carbocycles. The Morgan fingerprint density at radius 2 is 1.66 bits per heavy atom. The summed E-state index contributed by atoms with van der Waals surface area (Å²) in [6, 6.07) is 11.1. The minimum absolute atomic E-state index is 0.0422. The normalized spacial score (nSPS) is 17.9. The highest BCUT2D eigenvalue weighted by Gasteiger charge is 2.26. The van der Waals surface area contributed by atoms with Gasteiger partial charge in [0.15, 0.2) is 15.6 Å². The maximum absolute atomic E-state index is 12.5. The van der Waals surface area contributed by atoms with E-state index in [-0.39, 0.29) is 16.6 Å². The molecular formula is C25H32N2O6S2. The van der Waals surface area contributed by atoms with Gasteiger partial charge in [0.1, 0.15) is 10.6 Å². The molecule has 0 radical (unpaired) electrons. The molecule has 0 amide bonds. The number of carbonyl (C=O) groups is 1. The highest BCUT2D eigenvalue weighted by molar-refractivity contribution is 7.90. The summed E-state index contributed by atoms with van der Waals surface area (Å²) < 4.78 is 55.9. The number of fused-ring (bicyclic) bond motifs is 1. The zero-order chi connectivity index (χ0) is 25.4.